The van der Waals surface area contributed by atoms with Gasteiger partial charge >= 0.3 is 5.97 Å². The fourth-order valence-electron chi connectivity index (χ4n) is 2.44. The highest BCUT2D eigenvalue weighted by Crippen LogP contribution is 2.26. The highest BCUT2D eigenvalue weighted by atomic mass is 79.9. The van der Waals surface area contributed by atoms with Crippen molar-refractivity contribution in [2.24, 2.45) is 0 Å². The van der Waals surface area contributed by atoms with Gasteiger partial charge in [0.05, 0.1) is 17.1 Å². The average molecular weight is 447 g/mol. The Labute approximate surface area is 170 Å². The number of anilines is 1. The van der Waals surface area contributed by atoms with E-state index in [1.807, 2.05) is 0 Å². The zero-order valence-electron chi connectivity index (χ0n) is 15.2. The summed E-state index contributed by atoms with van der Waals surface area (Å²) in [5, 5.41) is 5.61. The number of nitrogens with one attached hydrogen (secondary N) is 2. The van der Waals surface area contributed by atoms with Gasteiger partial charge < -0.3 is 20.1 Å². The molecule has 1 fully saturated rings. The number of benzene rings is 2. The molecule has 8 heteroatoms. The van der Waals surface area contributed by atoms with Gasteiger partial charge in [0.1, 0.15) is 5.75 Å². The van der Waals surface area contributed by atoms with E-state index in [4.69, 9.17) is 4.74 Å². The maximum atomic E-state index is 12.2. The fourth-order valence-corrected chi connectivity index (χ4v) is 2.93. The Morgan fingerprint density at radius 3 is 2.57 bits per heavy atom. The summed E-state index contributed by atoms with van der Waals surface area (Å²) in [5.41, 5.74) is 1.37. The number of hydrogen-bond donors (Lipinski definition) is 2. The van der Waals surface area contributed by atoms with Crippen LogP contribution in [0, 0.1) is 0 Å². The van der Waals surface area contributed by atoms with Gasteiger partial charge in [0.2, 0.25) is 0 Å². The number of esters is 1. The summed E-state index contributed by atoms with van der Waals surface area (Å²) < 4.78 is 10.7. The largest absolute Gasteiger partial charge is 0.483 e. The minimum absolute atomic E-state index is 0.149. The first-order valence-corrected chi connectivity index (χ1v) is 9.47. The zero-order chi connectivity index (χ0) is 20.1. The molecule has 1 aliphatic rings. The van der Waals surface area contributed by atoms with Crippen molar-refractivity contribution in [2.45, 2.75) is 18.9 Å². The predicted molar refractivity (Wildman–Crippen MR) is 107 cm³/mol. The molecular formula is C20H19BrN2O5. The standard InChI is InChI=1S/C20H19BrN2O5/c1-27-20(26)13-5-8-17(16(21)10-13)28-11-18(24)22-15-4-2-3-12(9-15)19(25)23-14-6-7-14/h2-5,8-10,14H,6-7,11H2,1H3,(H,22,24)(H,23,25). The Morgan fingerprint density at radius 2 is 1.89 bits per heavy atom. The van der Waals surface area contributed by atoms with Gasteiger partial charge in [0, 0.05) is 17.3 Å². The molecule has 0 unspecified atom stereocenters. The van der Waals surface area contributed by atoms with Crippen LogP contribution < -0.4 is 15.4 Å². The molecule has 0 aliphatic heterocycles. The van der Waals surface area contributed by atoms with Crippen molar-refractivity contribution in [3.05, 3.63) is 58.1 Å². The van der Waals surface area contributed by atoms with Crippen LogP contribution in [-0.4, -0.2) is 37.5 Å². The van der Waals surface area contributed by atoms with Crippen molar-refractivity contribution in [3.63, 3.8) is 0 Å². The number of hydrogen-bond acceptors (Lipinski definition) is 5. The molecule has 0 bridgehead atoms. The van der Waals surface area contributed by atoms with E-state index in [1.165, 1.54) is 7.11 Å². The summed E-state index contributed by atoms with van der Waals surface area (Å²) >= 11 is 3.30. The first kappa shape index (κ1) is 19.9. The Balaban J connectivity index is 1.55. The molecule has 0 saturated heterocycles. The molecule has 0 atom stereocenters. The molecule has 146 valence electrons. The number of methoxy groups -OCH3 is 1. The third-order valence-corrected chi connectivity index (χ3v) is 4.65. The SMILES string of the molecule is COC(=O)c1ccc(OCC(=O)Nc2cccc(C(=O)NC3CC3)c2)c(Br)c1. The normalized spacial score (nSPS) is 12.8. The summed E-state index contributed by atoms with van der Waals surface area (Å²) in [7, 11) is 1.30. The first-order chi connectivity index (χ1) is 13.5. The summed E-state index contributed by atoms with van der Waals surface area (Å²) in [6.07, 6.45) is 2.02. The molecule has 1 aliphatic carbocycles. The number of amides is 2. The Kier molecular flexibility index (Phi) is 6.30. The minimum Gasteiger partial charge on any atom is -0.483 e. The lowest BCUT2D eigenvalue weighted by Crippen LogP contribution is -2.25. The van der Waals surface area contributed by atoms with Crippen molar-refractivity contribution < 1.29 is 23.9 Å². The summed E-state index contributed by atoms with van der Waals surface area (Å²) in [5.74, 6) is -0.566. The molecule has 2 aromatic carbocycles. The number of carbonyl (C=O) groups excluding carboxylic acids is 3. The molecule has 7 nitrogen and oxygen atoms in total. The summed E-state index contributed by atoms with van der Waals surface area (Å²) in [6.45, 7) is -0.228. The van der Waals surface area contributed by atoms with E-state index in [9.17, 15) is 14.4 Å². The monoisotopic (exact) mass is 446 g/mol. The highest BCUT2D eigenvalue weighted by molar-refractivity contribution is 9.10. The average Bonchev–Trinajstić information content (AvgIpc) is 3.50. The van der Waals surface area contributed by atoms with E-state index in [2.05, 4.69) is 31.3 Å². The lowest BCUT2D eigenvalue weighted by molar-refractivity contribution is -0.118. The van der Waals surface area contributed by atoms with Gasteiger partial charge in [-0.25, -0.2) is 4.79 Å². The van der Waals surface area contributed by atoms with E-state index >= 15 is 0 Å². The van der Waals surface area contributed by atoms with Crippen LogP contribution in [0.2, 0.25) is 0 Å². The molecule has 2 aromatic rings. The molecule has 0 spiro atoms. The van der Waals surface area contributed by atoms with Gasteiger partial charge in [-0.2, -0.15) is 0 Å². The first-order valence-electron chi connectivity index (χ1n) is 8.67. The van der Waals surface area contributed by atoms with Crippen LogP contribution in [0.15, 0.2) is 46.9 Å². The number of rotatable bonds is 7. The van der Waals surface area contributed by atoms with Crippen LogP contribution in [0.1, 0.15) is 33.6 Å². The summed E-state index contributed by atoms with van der Waals surface area (Å²) in [4.78, 5) is 35.8. The van der Waals surface area contributed by atoms with Gasteiger partial charge in [0.25, 0.3) is 11.8 Å². The Hall–Kier alpha value is -2.87. The molecule has 1 saturated carbocycles. The Bertz CT molecular complexity index is 911. The molecule has 2 amide bonds. The molecule has 0 aromatic heterocycles. The summed E-state index contributed by atoms with van der Waals surface area (Å²) in [6, 6.07) is 11.7. The van der Waals surface area contributed by atoms with Crippen LogP contribution in [0.3, 0.4) is 0 Å². The second kappa shape index (κ2) is 8.88. The zero-order valence-corrected chi connectivity index (χ0v) is 16.7. The lowest BCUT2D eigenvalue weighted by Gasteiger charge is -2.10. The fraction of sp³-hybridized carbons (Fsp3) is 0.250. The van der Waals surface area contributed by atoms with Crippen molar-refractivity contribution in [2.75, 3.05) is 19.0 Å². The van der Waals surface area contributed by atoms with Crippen molar-refractivity contribution >= 4 is 39.4 Å². The quantitative estimate of drug-likeness (QED) is 0.637. The van der Waals surface area contributed by atoms with Crippen molar-refractivity contribution in [1.82, 2.24) is 5.32 Å². The van der Waals surface area contributed by atoms with Gasteiger partial charge in [-0.1, -0.05) is 6.07 Å². The molecule has 2 N–H and O–H groups in total. The van der Waals surface area contributed by atoms with Gasteiger partial charge in [-0.3, -0.25) is 9.59 Å². The maximum Gasteiger partial charge on any atom is 0.337 e. The Morgan fingerprint density at radius 1 is 1.11 bits per heavy atom. The minimum atomic E-state index is -0.462. The number of halogens is 1. The van der Waals surface area contributed by atoms with E-state index in [0.29, 0.717) is 27.0 Å². The van der Waals surface area contributed by atoms with Crippen LogP contribution in [0.25, 0.3) is 0 Å². The molecule has 0 heterocycles. The number of ether oxygens (including phenoxy) is 2. The van der Waals surface area contributed by atoms with Crippen molar-refractivity contribution in [3.8, 4) is 5.75 Å². The molecule has 28 heavy (non-hydrogen) atoms. The maximum absolute atomic E-state index is 12.2. The topological polar surface area (TPSA) is 93.7 Å². The van der Waals surface area contributed by atoms with Gasteiger partial charge in [-0.05, 0) is 65.2 Å². The number of carbonyl (C=O) groups is 3. The van der Waals surface area contributed by atoms with Gasteiger partial charge in [0.15, 0.2) is 6.61 Å². The van der Waals surface area contributed by atoms with E-state index in [0.717, 1.165) is 12.8 Å². The van der Waals surface area contributed by atoms with E-state index in [1.54, 1.807) is 42.5 Å². The second-order valence-corrected chi connectivity index (χ2v) is 7.16. The van der Waals surface area contributed by atoms with Crippen LogP contribution in [0.5, 0.6) is 5.75 Å². The van der Waals surface area contributed by atoms with Crippen molar-refractivity contribution in [1.29, 1.82) is 0 Å². The van der Waals surface area contributed by atoms with Crippen LogP contribution in [0.4, 0.5) is 5.69 Å². The van der Waals surface area contributed by atoms with Crippen LogP contribution >= 0.6 is 15.9 Å². The van der Waals surface area contributed by atoms with E-state index in [-0.39, 0.29) is 24.5 Å². The van der Waals surface area contributed by atoms with E-state index < -0.39 is 5.97 Å². The molecule has 0 radical (unpaired) electrons. The molecular weight excluding hydrogens is 428 g/mol. The molecule has 3 rings (SSSR count). The highest BCUT2D eigenvalue weighted by Gasteiger charge is 2.23. The lowest BCUT2D eigenvalue weighted by atomic mass is 10.2. The smallest absolute Gasteiger partial charge is 0.337 e. The van der Waals surface area contributed by atoms with Crippen LogP contribution in [-0.2, 0) is 9.53 Å². The third kappa shape index (κ3) is 5.32. The predicted octanol–water partition coefficient (Wildman–Crippen LogP) is 3.15. The third-order valence-electron chi connectivity index (χ3n) is 4.03. The van der Waals surface area contributed by atoms with Gasteiger partial charge in [-0.15, -0.1) is 0 Å². The second-order valence-electron chi connectivity index (χ2n) is 6.30.